The highest BCUT2D eigenvalue weighted by molar-refractivity contribution is 14.0. The summed E-state index contributed by atoms with van der Waals surface area (Å²) in [4.78, 5) is 15.6. The van der Waals surface area contributed by atoms with Crippen LogP contribution < -0.4 is 16.0 Å². The molecule has 21 heavy (non-hydrogen) atoms. The van der Waals surface area contributed by atoms with Crippen molar-refractivity contribution in [2.24, 2.45) is 4.99 Å². The second kappa shape index (κ2) is 10.2. The normalized spacial score (nSPS) is 15.1. The molecule has 7 heteroatoms. The lowest BCUT2D eigenvalue weighted by Gasteiger charge is -2.24. The van der Waals surface area contributed by atoms with E-state index < -0.39 is 0 Å². The van der Waals surface area contributed by atoms with Gasteiger partial charge in [-0.2, -0.15) is 0 Å². The first-order valence-electron chi connectivity index (χ1n) is 7.26. The van der Waals surface area contributed by atoms with Gasteiger partial charge in [0.05, 0.1) is 5.60 Å². The zero-order chi connectivity index (χ0) is 15.0. The molecule has 124 valence electrons. The maximum atomic E-state index is 11.5. The first-order valence-corrected chi connectivity index (χ1v) is 7.26. The molecule has 1 aliphatic rings. The summed E-state index contributed by atoms with van der Waals surface area (Å²) in [7, 11) is 3.42. The van der Waals surface area contributed by atoms with Crippen molar-refractivity contribution in [1.29, 1.82) is 0 Å². The lowest BCUT2D eigenvalue weighted by molar-refractivity contribution is -0.121. The number of hydrogen-bond donors (Lipinski definition) is 3. The number of guanidine groups is 1. The van der Waals surface area contributed by atoms with Gasteiger partial charge in [0.25, 0.3) is 0 Å². The number of halogens is 1. The third-order valence-corrected chi connectivity index (χ3v) is 3.27. The van der Waals surface area contributed by atoms with Gasteiger partial charge in [-0.3, -0.25) is 9.79 Å². The lowest BCUT2D eigenvalue weighted by atomic mass is 10.1. The molecule has 0 saturated heterocycles. The summed E-state index contributed by atoms with van der Waals surface area (Å²) < 4.78 is 5.33. The van der Waals surface area contributed by atoms with E-state index in [1.165, 1.54) is 0 Å². The van der Waals surface area contributed by atoms with Crippen LogP contribution in [0.1, 0.15) is 39.5 Å². The highest BCUT2D eigenvalue weighted by Crippen LogP contribution is 2.18. The topological polar surface area (TPSA) is 74.8 Å². The number of ether oxygens (including phenoxy) is 1. The largest absolute Gasteiger partial charge is 0.377 e. The average molecular weight is 412 g/mol. The number of hydrogen-bond acceptors (Lipinski definition) is 3. The number of methoxy groups -OCH3 is 1. The standard InChI is InChI=1S/C14H28N4O2.HI/c1-14(2,20-4)10-17-13(15-3)16-9-5-6-12(19)18-11-7-8-11;/h11H,5-10H2,1-4H3,(H,18,19)(H2,15,16,17);1H. The predicted octanol–water partition coefficient (Wildman–Crippen LogP) is 1.25. The van der Waals surface area contributed by atoms with Crippen molar-refractivity contribution in [2.45, 2.75) is 51.2 Å². The third-order valence-electron chi connectivity index (χ3n) is 3.27. The van der Waals surface area contributed by atoms with Crippen LogP contribution in [-0.4, -0.2) is 50.8 Å². The number of amides is 1. The van der Waals surface area contributed by atoms with E-state index in [1.54, 1.807) is 14.2 Å². The van der Waals surface area contributed by atoms with Gasteiger partial charge in [0.1, 0.15) is 0 Å². The molecule has 1 fully saturated rings. The zero-order valence-electron chi connectivity index (χ0n) is 13.5. The summed E-state index contributed by atoms with van der Waals surface area (Å²) in [5, 5.41) is 9.38. The SMILES string of the molecule is CN=C(NCCCC(=O)NC1CC1)NCC(C)(C)OC.I. The Bertz CT molecular complexity index is 344. The molecule has 0 aromatic carbocycles. The number of nitrogens with one attached hydrogen (secondary N) is 3. The van der Waals surface area contributed by atoms with Crippen LogP contribution in [0.2, 0.25) is 0 Å². The monoisotopic (exact) mass is 412 g/mol. The molecule has 1 amide bonds. The third kappa shape index (κ3) is 9.89. The fourth-order valence-corrected chi connectivity index (χ4v) is 1.57. The van der Waals surface area contributed by atoms with Gasteiger partial charge in [-0.1, -0.05) is 0 Å². The maximum absolute atomic E-state index is 11.5. The molecule has 0 radical (unpaired) electrons. The van der Waals surface area contributed by atoms with E-state index in [0.717, 1.165) is 31.8 Å². The summed E-state index contributed by atoms with van der Waals surface area (Å²) in [6.45, 7) is 5.42. The van der Waals surface area contributed by atoms with Gasteiger partial charge in [-0.25, -0.2) is 0 Å². The zero-order valence-corrected chi connectivity index (χ0v) is 15.8. The van der Waals surface area contributed by atoms with Crippen LogP contribution in [0.4, 0.5) is 0 Å². The first-order chi connectivity index (χ1) is 9.46. The van der Waals surface area contributed by atoms with Crippen molar-refractivity contribution >= 4 is 35.8 Å². The van der Waals surface area contributed by atoms with Crippen molar-refractivity contribution in [3.05, 3.63) is 0 Å². The first kappa shape index (κ1) is 20.4. The molecular formula is C14H29IN4O2. The van der Waals surface area contributed by atoms with Crippen LogP contribution >= 0.6 is 24.0 Å². The molecule has 0 bridgehead atoms. The van der Waals surface area contributed by atoms with Crippen molar-refractivity contribution in [2.75, 3.05) is 27.2 Å². The smallest absolute Gasteiger partial charge is 0.220 e. The minimum absolute atomic E-state index is 0. The van der Waals surface area contributed by atoms with Crippen molar-refractivity contribution in [3.63, 3.8) is 0 Å². The van der Waals surface area contributed by atoms with Crippen LogP contribution in [-0.2, 0) is 9.53 Å². The summed E-state index contributed by atoms with van der Waals surface area (Å²) in [5.41, 5.74) is -0.234. The molecule has 0 unspecified atom stereocenters. The molecule has 0 aromatic rings. The van der Waals surface area contributed by atoms with Gasteiger partial charge in [0, 0.05) is 39.7 Å². The Morgan fingerprint density at radius 1 is 1.33 bits per heavy atom. The lowest BCUT2D eigenvalue weighted by Crippen LogP contribution is -2.45. The molecule has 0 aromatic heterocycles. The van der Waals surface area contributed by atoms with Crippen LogP contribution in [0.15, 0.2) is 4.99 Å². The van der Waals surface area contributed by atoms with E-state index in [4.69, 9.17) is 4.74 Å². The second-order valence-electron chi connectivity index (χ2n) is 5.76. The minimum Gasteiger partial charge on any atom is -0.377 e. The summed E-state index contributed by atoms with van der Waals surface area (Å²) in [6, 6.07) is 0.446. The molecule has 1 saturated carbocycles. The van der Waals surface area contributed by atoms with Crippen molar-refractivity contribution in [3.8, 4) is 0 Å². The van der Waals surface area contributed by atoms with Gasteiger partial charge in [-0.05, 0) is 33.1 Å². The summed E-state index contributed by atoms with van der Waals surface area (Å²) in [5.74, 6) is 0.885. The van der Waals surface area contributed by atoms with Crippen LogP contribution in [0, 0.1) is 0 Å². The van der Waals surface area contributed by atoms with E-state index in [9.17, 15) is 4.79 Å². The Kier molecular flexibility index (Phi) is 9.93. The van der Waals surface area contributed by atoms with E-state index in [0.29, 0.717) is 19.0 Å². The number of carbonyl (C=O) groups is 1. The second-order valence-corrected chi connectivity index (χ2v) is 5.76. The van der Waals surface area contributed by atoms with E-state index >= 15 is 0 Å². The molecule has 1 aliphatic carbocycles. The fraction of sp³-hybridized carbons (Fsp3) is 0.857. The number of carbonyl (C=O) groups excluding carboxylic acids is 1. The highest BCUT2D eigenvalue weighted by atomic mass is 127. The fourth-order valence-electron chi connectivity index (χ4n) is 1.57. The molecule has 6 nitrogen and oxygen atoms in total. The summed E-state index contributed by atoms with van der Waals surface area (Å²) in [6.07, 6.45) is 3.63. The Balaban J connectivity index is 0.00000400. The van der Waals surface area contributed by atoms with Gasteiger partial charge in [-0.15, -0.1) is 24.0 Å². The van der Waals surface area contributed by atoms with Gasteiger partial charge < -0.3 is 20.7 Å². The molecule has 3 N–H and O–H groups in total. The van der Waals surface area contributed by atoms with E-state index in [2.05, 4.69) is 20.9 Å². The Labute approximate surface area is 144 Å². The minimum atomic E-state index is -0.234. The van der Waals surface area contributed by atoms with Crippen LogP contribution in [0.25, 0.3) is 0 Å². The highest BCUT2D eigenvalue weighted by Gasteiger charge is 2.22. The summed E-state index contributed by atoms with van der Waals surface area (Å²) >= 11 is 0. The van der Waals surface area contributed by atoms with E-state index in [-0.39, 0.29) is 35.5 Å². The van der Waals surface area contributed by atoms with Crippen molar-refractivity contribution in [1.82, 2.24) is 16.0 Å². The maximum Gasteiger partial charge on any atom is 0.220 e. The molecule has 0 atom stereocenters. The molecule has 1 rings (SSSR count). The average Bonchev–Trinajstić information content (AvgIpc) is 3.21. The number of aliphatic imine (C=N–C) groups is 1. The van der Waals surface area contributed by atoms with Gasteiger partial charge in [0.2, 0.25) is 5.91 Å². The van der Waals surface area contributed by atoms with E-state index in [1.807, 2.05) is 13.8 Å². The molecular weight excluding hydrogens is 383 g/mol. The van der Waals surface area contributed by atoms with Crippen LogP contribution in [0.5, 0.6) is 0 Å². The Morgan fingerprint density at radius 2 is 2.00 bits per heavy atom. The quantitative estimate of drug-likeness (QED) is 0.243. The van der Waals surface area contributed by atoms with Gasteiger partial charge >= 0.3 is 0 Å². The Morgan fingerprint density at radius 3 is 2.52 bits per heavy atom. The van der Waals surface area contributed by atoms with Crippen LogP contribution in [0.3, 0.4) is 0 Å². The predicted molar refractivity (Wildman–Crippen MR) is 96.3 cm³/mol. The van der Waals surface area contributed by atoms with Crippen molar-refractivity contribution < 1.29 is 9.53 Å². The molecule has 0 heterocycles. The molecule has 0 aliphatic heterocycles. The Hall–Kier alpha value is -0.570. The number of rotatable bonds is 8. The molecule has 0 spiro atoms. The number of nitrogens with zero attached hydrogens (tertiary/aromatic N) is 1. The van der Waals surface area contributed by atoms with Gasteiger partial charge in [0.15, 0.2) is 5.96 Å².